The van der Waals surface area contributed by atoms with E-state index in [1.807, 2.05) is 48.5 Å². The van der Waals surface area contributed by atoms with Gasteiger partial charge in [-0.1, -0.05) is 73.7 Å². The molecule has 12 heteroatoms. The zero-order valence-corrected chi connectivity index (χ0v) is 29.1. The smallest absolute Gasteiger partial charge is 0.296 e. The largest absolute Gasteiger partial charge is 0.368 e. The van der Waals surface area contributed by atoms with Gasteiger partial charge in [-0.25, -0.2) is 4.68 Å². The molecule has 2 fully saturated rings. The van der Waals surface area contributed by atoms with E-state index in [2.05, 4.69) is 34.9 Å². The predicted octanol–water partition coefficient (Wildman–Crippen LogP) is 5.36. The van der Waals surface area contributed by atoms with Crippen molar-refractivity contribution in [1.29, 1.82) is 5.26 Å². The third-order valence-corrected chi connectivity index (χ3v) is 10.4. The van der Waals surface area contributed by atoms with Crippen LogP contribution in [0, 0.1) is 25.2 Å². The summed E-state index contributed by atoms with van der Waals surface area (Å²) in [4.78, 5) is 48.0. The van der Waals surface area contributed by atoms with E-state index < -0.39 is 5.91 Å². The summed E-state index contributed by atoms with van der Waals surface area (Å²) in [6.07, 6.45) is 3.38. The Balaban J connectivity index is 1.44. The summed E-state index contributed by atoms with van der Waals surface area (Å²) in [5.41, 5.74) is 3.15. The second kappa shape index (κ2) is 13.7. The lowest BCUT2D eigenvalue weighted by atomic mass is 10.0. The van der Waals surface area contributed by atoms with Gasteiger partial charge in [-0.05, 0) is 56.2 Å². The highest BCUT2D eigenvalue weighted by Crippen LogP contribution is 2.39. The molecule has 0 unspecified atom stereocenters. The molecule has 4 aromatic rings. The van der Waals surface area contributed by atoms with Crippen molar-refractivity contribution in [1.82, 2.24) is 13.9 Å². The van der Waals surface area contributed by atoms with Gasteiger partial charge >= 0.3 is 0 Å². The maximum atomic E-state index is 14.2. The fraction of sp³-hybridized carbons (Fsp3) is 0.306. The Bertz CT molecular complexity index is 2080. The molecule has 4 heterocycles. The first-order chi connectivity index (χ1) is 23.2. The number of aromatic nitrogens is 3. The number of thioether (sulfide) groups is 1. The molecular weight excluding hydrogens is 643 g/mol. The van der Waals surface area contributed by atoms with Crippen molar-refractivity contribution in [3.05, 3.63) is 109 Å². The highest BCUT2D eigenvalue weighted by atomic mass is 32.2. The molecular formula is C36H37N7O3S2. The number of nitriles is 1. The molecule has 2 aliphatic heterocycles. The van der Waals surface area contributed by atoms with Crippen LogP contribution in [0.1, 0.15) is 42.1 Å². The number of carbonyl (C=O) groups excluding carboxylic acids is 1. The number of nitrogens with zero attached hydrogens (tertiary/aromatic N) is 7. The standard InChI is InChI=1S/C36H37N7O3S2/c1-5-6-17-41-32(40-20-18-39(19-21-40)26-13-9-7-10-14-26)28(24(2)29(23-37)33(41)44)22-30-34(45)42(36(47)48-30)31-25(3)38(4)43(35(31)46)27-15-11-8-12-16-27/h7-16,22H,5-6,17-21H2,1-4H3/b30-22-. The summed E-state index contributed by atoms with van der Waals surface area (Å²) in [6, 6.07) is 21.6. The third kappa shape index (κ3) is 5.77. The first-order valence-electron chi connectivity index (χ1n) is 16.0. The highest BCUT2D eigenvalue weighted by Gasteiger charge is 2.38. The minimum Gasteiger partial charge on any atom is -0.368 e. The van der Waals surface area contributed by atoms with Crippen LogP contribution in [0.15, 0.2) is 75.2 Å². The van der Waals surface area contributed by atoms with Crippen LogP contribution in [0.25, 0.3) is 11.8 Å². The number of para-hydroxylation sites is 2. The maximum Gasteiger partial charge on any atom is 0.296 e. The van der Waals surface area contributed by atoms with E-state index in [1.165, 1.54) is 9.58 Å². The van der Waals surface area contributed by atoms with Crippen LogP contribution >= 0.6 is 24.0 Å². The Labute approximate surface area is 289 Å². The molecule has 0 aliphatic carbocycles. The van der Waals surface area contributed by atoms with Crippen molar-refractivity contribution < 1.29 is 4.79 Å². The Morgan fingerprint density at radius 2 is 1.50 bits per heavy atom. The van der Waals surface area contributed by atoms with Crippen LogP contribution in [0.2, 0.25) is 0 Å². The Kier molecular flexibility index (Phi) is 9.44. The van der Waals surface area contributed by atoms with Gasteiger partial charge in [0, 0.05) is 51.0 Å². The summed E-state index contributed by atoms with van der Waals surface area (Å²) in [6.45, 7) is 8.85. The van der Waals surface area contributed by atoms with E-state index in [1.54, 1.807) is 36.2 Å². The molecule has 6 rings (SSSR count). The number of piperazine rings is 1. The van der Waals surface area contributed by atoms with Crippen molar-refractivity contribution in [3.63, 3.8) is 0 Å². The Morgan fingerprint density at radius 1 is 0.896 bits per heavy atom. The predicted molar refractivity (Wildman–Crippen MR) is 197 cm³/mol. The van der Waals surface area contributed by atoms with Gasteiger partial charge < -0.3 is 9.80 Å². The molecule has 0 N–H and O–H groups in total. The summed E-state index contributed by atoms with van der Waals surface area (Å²) in [5.74, 6) is 0.283. The monoisotopic (exact) mass is 679 g/mol. The summed E-state index contributed by atoms with van der Waals surface area (Å²) in [5, 5.41) is 10.1. The molecule has 2 aromatic heterocycles. The number of hydrogen-bond acceptors (Lipinski definition) is 8. The molecule has 2 aromatic carbocycles. The van der Waals surface area contributed by atoms with Crippen LogP contribution in [0.4, 0.5) is 17.2 Å². The average molecular weight is 680 g/mol. The molecule has 0 bridgehead atoms. The topological polar surface area (TPSA) is 99.5 Å². The van der Waals surface area contributed by atoms with Crippen LogP contribution in [-0.4, -0.2) is 50.3 Å². The maximum absolute atomic E-state index is 14.2. The number of benzene rings is 2. The average Bonchev–Trinajstić information content (AvgIpc) is 3.50. The van der Waals surface area contributed by atoms with Gasteiger partial charge in [0.1, 0.15) is 23.1 Å². The second-order valence-corrected chi connectivity index (χ2v) is 13.6. The van der Waals surface area contributed by atoms with E-state index in [-0.39, 0.29) is 26.7 Å². The Hall–Kier alpha value is -4.86. The van der Waals surface area contributed by atoms with Crippen LogP contribution < -0.4 is 25.8 Å². The summed E-state index contributed by atoms with van der Waals surface area (Å²) >= 11 is 6.85. The van der Waals surface area contributed by atoms with E-state index in [4.69, 9.17) is 12.2 Å². The fourth-order valence-corrected chi connectivity index (χ4v) is 7.68. The molecule has 48 heavy (non-hydrogen) atoms. The van der Waals surface area contributed by atoms with Crippen molar-refractivity contribution in [3.8, 4) is 11.8 Å². The fourth-order valence-electron chi connectivity index (χ4n) is 6.43. The molecule has 0 atom stereocenters. The molecule has 10 nitrogen and oxygen atoms in total. The van der Waals surface area contributed by atoms with Gasteiger partial charge in [-0.15, -0.1) is 0 Å². The van der Waals surface area contributed by atoms with Crippen molar-refractivity contribution >= 4 is 57.5 Å². The normalized spacial score (nSPS) is 15.9. The van der Waals surface area contributed by atoms with Gasteiger partial charge in [-0.2, -0.15) is 5.26 Å². The van der Waals surface area contributed by atoms with E-state index in [0.717, 1.165) is 43.4 Å². The summed E-state index contributed by atoms with van der Waals surface area (Å²) in [7, 11) is 1.77. The van der Waals surface area contributed by atoms with E-state index in [9.17, 15) is 19.6 Å². The summed E-state index contributed by atoms with van der Waals surface area (Å²) < 4.78 is 5.19. The lowest BCUT2D eigenvalue weighted by Gasteiger charge is -2.39. The van der Waals surface area contributed by atoms with E-state index >= 15 is 0 Å². The zero-order valence-electron chi connectivity index (χ0n) is 27.5. The van der Waals surface area contributed by atoms with Crippen LogP contribution in [-0.2, 0) is 18.4 Å². The van der Waals surface area contributed by atoms with Gasteiger partial charge in [0.25, 0.3) is 17.0 Å². The number of anilines is 3. The van der Waals surface area contributed by atoms with Crippen molar-refractivity contribution in [2.45, 2.75) is 40.2 Å². The van der Waals surface area contributed by atoms with Gasteiger partial charge in [0.05, 0.1) is 16.3 Å². The first-order valence-corrected chi connectivity index (χ1v) is 17.2. The van der Waals surface area contributed by atoms with Crippen LogP contribution in [0.5, 0.6) is 0 Å². The number of rotatable bonds is 8. The lowest BCUT2D eigenvalue weighted by molar-refractivity contribution is -0.113. The van der Waals surface area contributed by atoms with Crippen molar-refractivity contribution in [2.75, 3.05) is 40.9 Å². The van der Waals surface area contributed by atoms with Crippen LogP contribution in [0.3, 0.4) is 0 Å². The zero-order chi connectivity index (χ0) is 34.1. The number of amides is 1. The molecule has 0 radical (unpaired) electrons. The lowest BCUT2D eigenvalue weighted by Crippen LogP contribution is -2.48. The van der Waals surface area contributed by atoms with Crippen molar-refractivity contribution in [2.24, 2.45) is 7.05 Å². The van der Waals surface area contributed by atoms with Gasteiger partial charge in [-0.3, -0.25) is 28.5 Å². The molecule has 0 spiro atoms. The highest BCUT2D eigenvalue weighted by molar-refractivity contribution is 8.27. The second-order valence-electron chi connectivity index (χ2n) is 11.9. The first kappa shape index (κ1) is 33.1. The number of hydrogen-bond donors (Lipinski definition) is 0. The molecule has 1 amide bonds. The number of carbonyl (C=O) groups is 1. The minimum absolute atomic E-state index is 0.0594. The van der Waals surface area contributed by atoms with Gasteiger partial charge in [0.2, 0.25) is 0 Å². The number of pyridine rings is 1. The third-order valence-electron chi connectivity index (χ3n) is 9.10. The molecule has 2 saturated heterocycles. The van der Waals surface area contributed by atoms with E-state index in [0.29, 0.717) is 52.9 Å². The molecule has 246 valence electrons. The SMILES string of the molecule is CCCCn1c(N2CCN(c3ccccc3)CC2)c(/C=C2\SC(=S)N(c3c(C)n(C)n(-c4ccccc4)c3=O)C2=O)c(C)c(C#N)c1=O. The quantitative estimate of drug-likeness (QED) is 0.182. The molecule has 2 aliphatic rings. The number of thiocarbonyl (C=S) groups is 1. The minimum atomic E-state index is -0.417. The number of unbranched alkanes of at least 4 members (excludes halogenated alkanes) is 1. The molecule has 0 saturated carbocycles. The Morgan fingerprint density at radius 3 is 2.10 bits per heavy atom. The van der Waals surface area contributed by atoms with Gasteiger partial charge in [0.15, 0.2) is 4.32 Å².